The van der Waals surface area contributed by atoms with E-state index >= 15 is 0 Å². The number of benzene rings is 2. The third-order valence-electron chi connectivity index (χ3n) is 3.53. The van der Waals surface area contributed by atoms with Gasteiger partial charge in [-0.15, -0.1) is 0 Å². The van der Waals surface area contributed by atoms with Crippen molar-refractivity contribution >= 4 is 0 Å². The Labute approximate surface area is 110 Å². The van der Waals surface area contributed by atoms with Gasteiger partial charge in [0.1, 0.15) is 0 Å². The van der Waals surface area contributed by atoms with Crippen LogP contribution in [0.3, 0.4) is 0 Å². The maximum atomic E-state index is 6.60. The van der Waals surface area contributed by atoms with Crippen molar-refractivity contribution in [2.45, 2.75) is 33.2 Å². The molecule has 2 aromatic rings. The first-order valence-electron chi connectivity index (χ1n) is 6.35. The molecule has 0 aliphatic heterocycles. The van der Waals surface area contributed by atoms with Crippen molar-refractivity contribution in [3.63, 3.8) is 0 Å². The Kier molecular flexibility index (Phi) is 3.27. The van der Waals surface area contributed by atoms with Crippen LogP contribution in [-0.4, -0.2) is 0 Å². The second-order valence-corrected chi connectivity index (χ2v) is 5.39. The molecule has 18 heavy (non-hydrogen) atoms. The Morgan fingerprint density at radius 1 is 0.889 bits per heavy atom. The van der Waals surface area contributed by atoms with E-state index in [1.54, 1.807) is 0 Å². The number of aryl methyl sites for hydroxylation is 3. The Morgan fingerprint density at radius 3 is 2.00 bits per heavy atom. The average Bonchev–Trinajstić information content (AvgIpc) is 2.28. The van der Waals surface area contributed by atoms with E-state index in [-0.39, 0.29) is 0 Å². The molecule has 0 saturated carbocycles. The van der Waals surface area contributed by atoms with Crippen LogP contribution in [0.1, 0.15) is 34.7 Å². The van der Waals surface area contributed by atoms with E-state index in [1.165, 1.54) is 27.8 Å². The summed E-state index contributed by atoms with van der Waals surface area (Å²) in [5.74, 6) is 0. The summed E-state index contributed by atoms with van der Waals surface area (Å²) in [5.41, 5.74) is 12.3. The fourth-order valence-corrected chi connectivity index (χ4v) is 2.59. The Balaban J connectivity index is 2.57. The maximum absolute atomic E-state index is 6.60. The van der Waals surface area contributed by atoms with Crippen LogP contribution in [0, 0.1) is 20.8 Å². The van der Waals surface area contributed by atoms with Gasteiger partial charge in [0.05, 0.1) is 5.54 Å². The standard InChI is InChI=1S/C17H21N/c1-12-9-13(2)11-15(10-12)17(4,18)16-8-6-5-7-14(16)3/h5-11H,18H2,1-4H3. The number of hydrogen-bond donors (Lipinski definition) is 1. The first kappa shape index (κ1) is 12.8. The molecular weight excluding hydrogens is 218 g/mol. The highest BCUT2D eigenvalue weighted by molar-refractivity contribution is 5.43. The van der Waals surface area contributed by atoms with Gasteiger partial charge in [-0.2, -0.15) is 0 Å². The van der Waals surface area contributed by atoms with Gasteiger partial charge in [0, 0.05) is 0 Å². The summed E-state index contributed by atoms with van der Waals surface area (Å²) in [5, 5.41) is 0. The molecule has 0 aromatic heterocycles. The molecule has 0 heterocycles. The van der Waals surface area contributed by atoms with Gasteiger partial charge in [-0.3, -0.25) is 0 Å². The number of hydrogen-bond acceptors (Lipinski definition) is 1. The van der Waals surface area contributed by atoms with Gasteiger partial charge in [-0.1, -0.05) is 53.6 Å². The summed E-state index contributed by atoms with van der Waals surface area (Å²) < 4.78 is 0. The van der Waals surface area contributed by atoms with Gasteiger partial charge in [-0.25, -0.2) is 0 Å². The molecule has 0 aliphatic rings. The van der Waals surface area contributed by atoms with E-state index in [4.69, 9.17) is 5.73 Å². The van der Waals surface area contributed by atoms with Crippen LogP contribution in [0.25, 0.3) is 0 Å². The van der Waals surface area contributed by atoms with Crippen molar-refractivity contribution in [1.29, 1.82) is 0 Å². The van der Waals surface area contributed by atoms with Crippen LogP contribution < -0.4 is 5.73 Å². The lowest BCUT2D eigenvalue weighted by Crippen LogP contribution is -2.35. The Hall–Kier alpha value is -1.60. The van der Waals surface area contributed by atoms with Crippen molar-refractivity contribution in [2.75, 3.05) is 0 Å². The highest BCUT2D eigenvalue weighted by Gasteiger charge is 2.25. The van der Waals surface area contributed by atoms with Crippen molar-refractivity contribution in [1.82, 2.24) is 0 Å². The summed E-state index contributed by atoms with van der Waals surface area (Å²) in [6.45, 7) is 8.43. The number of rotatable bonds is 2. The Bertz CT molecular complexity index is 547. The predicted molar refractivity (Wildman–Crippen MR) is 77.7 cm³/mol. The molecule has 1 nitrogen and oxygen atoms in total. The van der Waals surface area contributed by atoms with Crippen LogP contribution in [0.5, 0.6) is 0 Å². The largest absolute Gasteiger partial charge is 0.318 e. The van der Waals surface area contributed by atoms with Crippen molar-refractivity contribution < 1.29 is 0 Å². The smallest absolute Gasteiger partial charge is 0.0639 e. The molecule has 1 atom stereocenters. The summed E-state index contributed by atoms with van der Waals surface area (Å²) in [4.78, 5) is 0. The van der Waals surface area contributed by atoms with Crippen LogP contribution in [-0.2, 0) is 5.54 Å². The van der Waals surface area contributed by atoms with E-state index in [9.17, 15) is 0 Å². The van der Waals surface area contributed by atoms with Gasteiger partial charge in [0.25, 0.3) is 0 Å². The topological polar surface area (TPSA) is 26.0 Å². The average molecular weight is 239 g/mol. The second-order valence-electron chi connectivity index (χ2n) is 5.39. The number of nitrogens with two attached hydrogens (primary N) is 1. The van der Waals surface area contributed by atoms with Gasteiger partial charge in [0.2, 0.25) is 0 Å². The normalized spacial score (nSPS) is 14.3. The molecule has 2 rings (SSSR count). The molecule has 0 radical (unpaired) electrons. The minimum Gasteiger partial charge on any atom is -0.318 e. The summed E-state index contributed by atoms with van der Waals surface area (Å²) in [6, 6.07) is 14.9. The first-order valence-corrected chi connectivity index (χ1v) is 6.35. The lowest BCUT2D eigenvalue weighted by Gasteiger charge is -2.28. The first-order chi connectivity index (χ1) is 8.41. The molecule has 0 amide bonds. The monoisotopic (exact) mass is 239 g/mol. The molecule has 1 unspecified atom stereocenters. The molecule has 94 valence electrons. The molecule has 0 aliphatic carbocycles. The third-order valence-corrected chi connectivity index (χ3v) is 3.53. The zero-order valence-electron chi connectivity index (χ0n) is 11.6. The highest BCUT2D eigenvalue weighted by atomic mass is 14.7. The van der Waals surface area contributed by atoms with Gasteiger partial charge in [0.15, 0.2) is 0 Å². The lowest BCUT2D eigenvalue weighted by atomic mass is 9.82. The molecular formula is C17H21N. The summed E-state index contributed by atoms with van der Waals surface area (Å²) >= 11 is 0. The zero-order valence-corrected chi connectivity index (χ0v) is 11.6. The summed E-state index contributed by atoms with van der Waals surface area (Å²) in [7, 11) is 0. The molecule has 0 saturated heterocycles. The van der Waals surface area contributed by atoms with E-state index in [0.717, 1.165) is 0 Å². The lowest BCUT2D eigenvalue weighted by molar-refractivity contribution is 0.598. The van der Waals surface area contributed by atoms with Crippen molar-refractivity contribution in [3.05, 3.63) is 70.3 Å². The summed E-state index contributed by atoms with van der Waals surface area (Å²) in [6.07, 6.45) is 0. The minimum atomic E-state index is -0.442. The van der Waals surface area contributed by atoms with E-state index in [0.29, 0.717) is 0 Å². The zero-order chi connectivity index (χ0) is 13.3. The fraction of sp³-hybridized carbons (Fsp3) is 0.294. The second kappa shape index (κ2) is 4.58. The van der Waals surface area contributed by atoms with Crippen molar-refractivity contribution in [2.24, 2.45) is 5.73 Å². The molecule has 0 spiro atoms. The van der Waals surface area contributed by atoms with Gasteiger partial charge < -0.3 is 5.73 Å². The molecule has 2 aromatic carbocycles. The molecule has 1 heteroatoms. The Morgan fingerprint density at radius 2 is 1.44 bits per heavy atom. The van der Waals surface area contributed by atoms with Crippen LogP contribution in [0.15, 0.2) is 42.5 Å². The fourth-order valence-electron chi connectivity index (χ4n) is 2.59. The highest BCUT2D eigenvalue weighted by Crippen LogP contribution is 2.30. The van der Waals surface area contributed by atoms with E-state index in [1.807, 2.05) is 0 Å². The van der Waals surface area contributed by atoms with Gasteiger partial charge in [-0.05, 0) is 44.4 Å². The quantitative estimate of drug-likeness (QED) is 0.846. The minimum absolute atomic E-state index is 0.442. The third kappa shape index (κ3) is 2.32. The molecule has 0 bridgehead atoms. The maximum Gasteiger partial charge on any atom is 0.0639 e. The SMILES string of the molecule is Cc1cc(C)cc(C(C)(N)c2ccccc2C)c1. The van der Waals surface area contributed by atoms with Crippen molar-refractivity contribution in [3.8, 4) is 0 Å². The molecule has 0 fully saturated rings. The predicted octanol–water partition coefficient (Wildman–Crippen LogP) is 3.83. The van der Waals surface area contributed by atoms with E-state index in [2.05, 4.69) is 70.2 Å². The van der Waals surface area contributed by atoms with E-state index < -0.39 is 5.54 Å². The van der Waals surface area contributed by atoms with Crippen LogP contribution >= 0.6 is 0 Å². The van der Waals surface area contributed by atoms with Gasteiger partial charge >= 0.3 is 0 Å². The van der Waals surface area contributed by atoms with Crippen LogP contribution in [0.2, 0.25) is 0 Å². The van der Waals surface area contributed by atoms with Crippen LogP contribution in [0.4, 0.5) is 0 Å². The molecule has 2 N–H and O–H groups in total.